The van der Waals surface area contributed by atoms with Gasteiger partial charge in [0.15, 0.2) is 18.5 Å². The van der Waals surface area contributed by atoms with Gasteiger partial charge in [0, 0.05) is 12.1 Å². The van der Waals surface area contributed by atoms with Crippen LogP contribution >= 0.6 is 0 Å². The largest absolute Gasteiger partial charge is 0.508 e. The van der Waals surface area contributed by atoms with Crippen LogP contribution in [-0.4, -0.2) is 73.2 Å². The molecule has 31 heavy (non-hydrogen) atoms. The lowest BCUT2D eigenvalue weighted by molar-refractivity contribution is -0.304. The van der Waals surface area contributed by atoms with E-state index in [-0.39, 0.29) is 22.8 Å². The molecule has 0 spiro atoms. The van der Waals surface area contributed by atoms with Gasteiger partial charge in [0.25, 0.3) is 0 Å². The highest BCUT2D eigenvalue weighted by Crippen LogP contribution is 2.43. The summed E-state index contributed by atoms with van der Waals surface area (Å²) in [6.45, 7) is 1.47. The van der Waals surface area contributed by atoms with Gasteiger partial charge >= 0.3 is 0 Å². The van der Waals surface area contributed by atoms with Gasteiger partial charge in [0.1, 0.15) is 46.9 Å². The Morgan fingerprint density at radius 1 is 0.903 bits per heavy atom. The maximum Gasteiger partial charge on any atom is 0.203 e. The number of fused-ring (bicyclic) bond motifs is 1. The van der Waals surface area contributed by atoms with Crippen LogP contribution in [0.4, 0.5) is 0 Å². The van der Waals surface area contributed by atoms with Gasteiger partial charge in [-0.2, -0.15) is 0 Å². The predicted molar refractivity (Wildman–Crippen MR) is 103 cm³/mol. The lowest BCUT2D eigenvalue weighted by Crippen LogP contribution is -2.59. The summed E-state index contributed by atoms with van der Waals surface area (Å²) in [6.07, 6.45) is -9.49. The molecule has 7 atom stereocenters. The van der Waals surface area contributed by atoms with Crippen LogP contribution in [0.5, 0.6) is 23.0 Å². The van der Waals surface area contributed by atoms with Crippen molar-refractivity contribution >= 4 is 5.78 Å². The molecule has 0 unspecified atom stereocenters. The highest BCUT2D eigenvalue weighted by Gasteiger charge is 2.48. The van der Waals surface area contributed by atoms with Crippen LogP contribution in [0.3, 0.4) is 0 Å². The number of phenols is 3. The predicted octanol–water partition coefficient (Wildman–Crippen LogP) is 0.332. The molecule has 0 bridgehead atoms. The summed E-state index contributed by atoms with van der Waals surface area (Å²) in [7, 11) is 0. The average molecular weight is 434 g/mol. The Morgan fingerprint density at radius 3 is 2.26 bits per heavy atom. The van der Waals surface area contributed by atoms with Crippen LogP contribution in [0.25, 0.3) is 0 Å². The summed E-state index contributed by atoms with van der Waals surface area (Å²) in [4.78, 5) is 13.3. The third-order valence-electron chi connectivity index (χ3n) is 5.41. The van der Waals surface area contributed by atoms with Crippen LogP contribution in [0.1, 0.15) is 28.9 Å². The van der Waals surface area contributed by atoms with Crippen molar-refractivity contribution in [3.05, 3.63) is 47.5 Å². The number of benzene rings is 2. The summed E-state index contributed by atoms with van der Waals surface area (Å²) in [6, 6.07) is 7.90. The van der Waals surface area contributed by atoms with Crippen molar-refractivity contribution in [1.29, 1.82) is 0 Å². The van der Waals surface area contributed by atoms with Crippen molar-refractivity contribution in [3.63, 3.8) is 0 Å². The van der Waals surface area contributed by atoms with Crippen molar-refractivity contribution < 1.29 is 49.6 Å². The maximum atomic E-state index is 13.3. The molecule has 6 N–H and O–H groups in total. The van der Waals surface area contributed by atoms with Gasteiger partial charge in [0.05, 0.1) is 6.10 Å². The highest BCUT2D eigenvalue weighted by molar-refractivity contribution is 6.05. The third-order valence-corrected chi connectivity index (χ3v) is 5.41. The standard InChI is InChI=1S/C21H22O10/c1-8-15(25)17(27)18(28)21(29-8)31-20-16(26)14-12(24)6-11(23)7-13(14)30-19(20)9-2-4-10(22)5-3-9/h2-8,15,17-25,27-28H,1H3/t8-,15-,17+,18+,19-,20+,21-/m0/s1. The molecule has 0 aromatic heterocycles. The molecule has 10 heteroatoms. The number of Topliss-reactive ketones (excluding diaryl/α,β-unsaturated/α-hetero) is 1. The van der Waals surface area contributed by atoms with Crippen molar-refractivity contribution in [2.24, 2.45) is 0 Å². The molecule has 166 valence electrons. The van der Waals surface area contributed by atoms with E-state index in [1.807, 2.05) is 0 Å². The Hall–Kier alpha value is -2.89. The SMILES string of the molecule is C[C@@H]1O[C@@H](O[C@@H]2C(=O)c3c(O)cc(O)cc3O[C@H]2c2ccc(O)cc2)[C@H](O)[C@H](O)[C@H]1O. The molecule has 2 aliphatic heterocycles. The van der Waals surface area contributed by atoms with Crippen molar-refractivity contribution in [1.82, 2.24) is 0 Å². The monoisotopic (exact) mass is 434 g/mol. The second-order valence-corrected chi connectivity index (χ2v) is 7.57. The van der Waals surface area contributed by atoms with E-state index in [9.17, 15) is 35.4 Å². The number of aliphatic hydroxyl groups is 3. The number of carbonyl (C=O) groups is 1. The fourth-order valence-corrected chi connectivity index (χ4v) is 3.72. The summed E-state index contributed by atoms with van der Waals surface area (Å²) in [5.41, 5.74) is 0.195. The number of hydrogen-bond donors (Lipinski definition) is 6. The molecule has 2 aromatic rings. The van der Waals surface area contributed by atoms with Gasteiger partial charge in [0.2, 0.25) is 5.78 Å². The number of rotatable bonds is 3. The van der Waals surface area contributed by atoms with Crippen LogP contribution in [-0.2, 0) is 9.47 Å². The summed E-state index contributed by atoms with van der Waals surface area (Å²) >= 11 is 0. The minimum atomic E-state index is -1.66. The van der Waals surface area contributed by atoms with Crippen molar-refractivity contribution in [2.45, 2.75) is 49.8 Å². The number of hydrogen-bond acceptors (Lipinski definition) is 10. The fraction of sp³-hybridized carbons (Fsp3) is 0.381. The van der Waals surface area contributed by atoms with Crippen molar-refractivity contribution in [2.75, 3.05) is 0 Å². The van der Waals surface area contributed by atoms with E-state index in [0.717, 1.165) is 6.07 Å². The zero-order chi connectivity index (χ0) is 22.4. The molecule has 10 nitrogen and oxygen atoms in total. The lowest BCUT2D eigenvalue weighted by atomic mass is 9.92. The smallest absolute Gasteiger partial charge is 0.203 e. The molecule has 4 rings (SSSR count). The minimum absolute atomic E-state index is 0.0176. The normalized spacial score (nSPS) is 32.9. The number of ether oxygens (including phenoxy) is 3. The van der Waals surface area contributed by atoms with Crippen molar-refractivity contribution in [3.8, 4) is 23.0 Å². The van der Waals surface area contributed by atoms with E-state index in [0.29, 0.717) is 5.56 Å². The van der Waals surface area contributed by atoms with E-state index in [4.69, 9.17) is 14.2 Å². The fourth-order valence-electron chi connectivity index (χ4n) is 3.72. The number of phenolic OH excluding ortho intramolecular Hbond substituents is 3. The highest BCUT2D eigenvalue weighted by atomic mass is 16.7. The summed E-state index contributed by atoms with van der Waals surface area (Å²) in [5, 5.41) is 59.8. The van der Waals surface area contributed by atoms with Gasteiger partial charge in [-0.15, -0.1) is 0 Å². The summed E-state index contributed by atoms with van der Waals surface area (Å²) < 4.78 is 17.0. The topological polar surface area (TPSA) is 166 Å². The minimum Gasteiger partial charge on any atom is -0.508 e. The Kier molecular flexibility index (Phi) is 5.50. The van der Waals surface area contributed by atoms with Crippen LogP contribution < -0.4 is 4.74 Å². The van der Waals surface area contributed by atoms with E-state index < -0.39 is 54.4 Å². The van der Waals surface area contributed by atoms with Crippen LogP contribution in [0, 0.1) is 0 Å². The van der Waals surface area contributed by atoms with Gasteiger partial charge < -0.3 is 44.8 Å². The second-order valence-electron chi connectivity index (χ2n) is 7.57. The molecule has 0 amide bonds. The van der Waals surface area contributed by atoms with Gasteiger partial charge in [-0.3, -0.25) is 4.79 Å². The molecule has 0 saturated carbocycles. The van der Waals surface area contributed by atoms with Gasteiger partial charge in [-0.1, -0.05) is 12.1 Å². The number of carbonyl (C=O) groups excluding carboxylic acids is 1. The number of aliphatic hydroxyl groups excluding tert-OH is 3. The van der Waals surface area contributed by atoms with E-state index in [1.165, 1.54) is 37.3 Å². The molecule has 0 radical (unpaired) electrons. The van der Waals surface area contributed by atoms with E-state index in [1.54, 1.807) is 0 Å². The first-order valence-corrected chi connectivity index (χ1v) is 9.58. The molecular weight excluding hydrogens is 412 g/mol. The Morgan fingerprint density at radius 2 is 1.58 bits per heavy atom. The van der Waals surface area contributed by atoms with Crippen LogP contribution in [0.15, 0.2) is 36.4 Å². The summed E-state index contributed by atoms with van der Waals surface area (Å²) in [5.74, 6) is -1.64. The first-order chi connectivity index (χ1) is 14.7. The first-order valence-electron chi connectivity index (χ1n) is 9.58. The quantitative estimate of drug-likeness (QED) is 0.396. The van der Waals surface area contributed by atoms with Gasteiger partial charge in [-0.25, -0.2) is 0 Å². The number of ketones is 1. The Bertz CT molecular complexity index is 975. The second kappa shape index (κ2) is 7.98. The average Bonchev–Trinajstić information content (AvgIpc) is 2.72. The molecule has 1 saturated heterocycles. The zero-order valence-corrected chi connectivity index (χ0v) is 16.3. The molecular formula is C21H22O10. The molecule has 2 heterocycles. The maximum absolute atomic E-state index is 13.3. The number of aromatic hydroxyl groups is 3. The lowest BCUT2D eigenvalue weighted by Gasteiger charge is -2.42. The van der Waals surface area contributed by atoms with E-state index >= 15 is 0 Å². The van der Waals surface area contributed by atoms with Crippen LogP contribution in [0.2, 0.25) is 0 Å². The molecule has 1 fully saturated rings. The van der Waals surface area contributed by atoms with E-state index in [2.05, 4.69) is 0 Å². The molecule has 0 aliphatic carbocycles. The molecule has 2 aromatic carbocycles. The Balaban J connectivity index is 1.73. The van der Waals surface area contributed by atoms with Gasteiger partial charge in [-0.05, 0) is 24.6 Å². The first kappa shape index (κ1) is 21.3. The zero-order valence-electron chi connectivity index (χ0n) is 16.3. The molecule has 2 aliphatic rings. The third kappa shape index (κ3) is 3.80. The Labute approximate surface area is 176 Å².